The van der Waals surface area contributed by atoms with Crippen LogP contribution in [0.2, 0.25) is 5.02 Å². The third-order valence-corrected chi connectivity index (χ3v) is 4.84. The monoisotopic (exact) mass is 395 g/mol. The zero-order valence-electron chi connectivity index (χ0n) is 15.1. The van der Waals surface area contributed by atoms with Gasteiger partial charge in [-0.25, -0.2) is 0 Å². The van der Waals surface area contributed by atoms with E-state index in [1.165, 1.54) is 5.56 Å². The Labute approximate surface area is 169 Å². The lowest BCUT2D eigenvalue weighted by molar-refractivity contribution is -0.575. The van der Waals surface area contributed by atoms with Crippen molar-refractivity contribution < 1.29 is 9.67 Å². The van der Waals surface area contributed by atoms with Crippen molar-refractivity contribution in [2.45, 2.75) is 13.8 Å². The fourth-order valence-corrected chi connectivity index (χ4v) is 3.09. The SMILES string of the molecule is Cc1ccc(/C(O)=C(/C(=S)Nc2ccc(Cl)cc2)[n+]2ccccc2)cc1C. The lowest BCUT2D eigenvalue weighted by Gasteiger charge is -2.11. The van der Waals surface area contributed by atoms with Gasteiger partial charge >= 0.3 is 0 Å². The van der Waals surface area contributed by atoms with Gasteiger partial charge in [0.15, 0.2) is 23.1 Å². The molecule has 1 aromatic heterocycles. The summed E-state index contributed by atoms with van der Waals surface area (Å²) in [7, 11) is 0. The van der Waals surface area contributed by atoms with E-state index in [1.54, 1.807) is 16.7 Å². The van der Waals surface area contributed by atoms with Gasteiger partial charge in [0, 0.05) is 28.4 Å². The molecule has 0 saturated heterocycles. The highest BCUT2D eigenvalue weighted by molar-refractivity contribution is 7.81. The van der Waals surface area contributed by atoms with Gasteiger partial charge in [-0.15, -0.1) is 0 Å². The van der Waals surface area contributed by atoms with Gasteiger partial charge in [0.05, 0.1) is 0 Å². The largest absolute Gasteiger partial charge is 0.502 e. The molecule has 0 unspecified atom stereocenters. The first-order valence-electron chi connectivity index (χ1n) is 8.50. The van der Waals surface area contributed by atoms with Crippen molar-refractivity contribution in [2.75, 3.05) is 5.32 Å². The number of rotatable bonds is 4. The minimum Gasteiger partial charge on any atom is -0.502 e. The number of anilines is 1. The molecule has 3 rings (SSSR count). The van der Waals surface area contributed by atoms with Gasteiger partial charge < -0.3 is 10.4 Å². The molecular weight excluding hydrogens is 376 g/mol. The van der Waals surface area contributed by atoms with E-state index in [0.29, 0.717) is 21.3 Å². The number of pyridine rings is 1. The number of hydrogen-bond acceptors (Lipinski definition) is 2. The highest BCUT2D eigenvalue weighted by Crippen LogP contribution is 2.22. The average molecular weight is 396 g/mol. The third-order valence-electron chi connectivity index (χ3n) is 4.30. The van der Waals surface area contributed by atoms with Gasteiger partial charge in [-0.2, -0.15) is 4.57 Å². The predicted octanol–water partition coefficient (Wildman–Crippen LogP) is 5.57. The first-order valence-corrected chi connectivity index (χ1v) is 9.29. The van der Waals surface area contributed by atoms with Crippen LogP contribution in [0, 0.1) is 13.8 Å². The zero-order valence-corrected chi connectivity index (χ0v) is 16.7. The number of hydrogen-bond donors (Lipinski definition) is 2. The molecule has 0 aliphatic rings. The number of nitrogens with zero attached hydrogens (tertiary/aromatic N) is 1. The van der Waals surface area contributed by atoms with Crippen LogP contribution in [0.4, 0.5) is 5.69 Å². The molecule has 0 aliphatic carbocycles. The van der Waals surface area contributed by atoms with E-state index in [-0.39, 0.29) is 5.76 Å². The lowest BCUT2D eigenvalue weighted by atomic mass is 10.0. The average Bonchev–Trinajstić information content (AvgIpc) is 2.67. The van der Waals surface area contributed by atoms with Crippen LogP contribution in [0.3, 0.4) is 0 Å². The number of halogens is 1. The van der Waals surface area contributed by atoms with Gasteiger partial charge in [-0.05, 0) is 55.3 Å². The van der Waals surface area contributed by atoms with Crippen LogP contribution in [-0.4, -0.2) is 10.1 Å². The van der Waals surface area contributed by atoms with Gasteiger partial charge in [0.2, 0.25) is 0 Å². The molecule has 0 amide bonds. The maximum absolute atomic E-state index is 11.1. The van der Waals surface area contributed by atoms with E-state index in [4.69, 9.17) is 23.8 Å². The standard InChI is InChI=1S/C22H19ClN2OS/c1-15-6-7-17(14-16(15)2)21(26)20(25-12-4-3-5-13-25)22(27)24-19-10-8-18(23)9-11-19/h3-14H,1-2H3,(H-,24,26,27)/p+1. The summed E-state index contributed by atoms with van der Waals surface area (Å²) in [5.41, 5.74) is 4.29. The number of nitrogens with one attached hydrogen (secondary N) is 1. The fraction of sp³-hybridized carbons (Fsp3) is 0.0909. The molecule has 3 aromatic rings. The minimum atomic E-state index is 0.112. The van der Waals surface area contributed by atoms with E-state index >= 15 is 0 Å². The summed E-state index contributed by atoms with van der Waals surface area (Å²) < 4.78 is 1.80. The van der Waals surface area contributed by atoms with E-state index in [2.05, 4.69) is 5.32 Å². The van der Waals surface area contributed by atoms with Crippen molar-refractivity contribution in [3.8, 4) is 0 Å². The molecule has 0 fully saturated rings. The number of aliphatic hydroxyl groups excluding tert-OH is 1. The summed E-state index contributed by atoms with van der Waals surface area (Å²) in [6.07, 6.45) is 3.70. The fourth-order valence-electron chi connectivity index (χ4n) is 2.64. The predicted molar refractivity (Wildman–Crippen MR) is 116 cm³/mol. The van der Waals surface area contributed by atoms with Crippen molar-refractivity contribution >= 4 is 46.0 Å². The van der Waals surface area contributed by atoms with E-state index in [9.17, 15) is 5.11 Å². The summed E-state index contributed by atoms with van der Waals surface area (Å²) in [5, 5.41) is 14.9. The Balaban J connectivity index is 2.06. The Bertz CT molecular complexity index is 999. The summed E-state index contributed by atoms with van der Waals surface area (Å²) in [6, 6.07) is 18.8. The molecule has 27 heavy (non-hydrogen) atoms. The Hall–Kier alpha value is -2.69. The molecule has 0 aliphatic heterocycles. The quantitative estimate of drug-likeness (QED) is 0.262. The maximum atomic E-state index is 11.1. The third kappa shape index (κ3) is 4.54. The molecule has 5 heteroatoms. The molecule has 1 heterocycles. The number of benzene rings is 2. The number of thiocarbonyl (C=S) groups is 1. The minimum absolute atomic E-state index is 0.112. The van der Waals surface area contributed by atoms with Crippen LogP contribution in [0.5, 0.6) is 0 Å². The van der Waals surface area contributed by atoms with Crippen LogP contribution in [0.25, 0.3) is 11.5 Å². The second-order valence-corrected chi connectivity index (χ2v) is 7.08. The molecule has 0 atom stereocenters. The normalized spacial score (nSPS) is 11.7. The molecule has 2 N–H and O–H groups in total. The topological polar surface area (TPSA) is 36.1 Å². The van der Waals surface area contributed by atoms with Crippen LogP contribution in [-0.2, 0) is 0 Å². The second-order valence-electron chi connectivity index (χ2n) is 6.24. The first-order chi connectivity index (χ1) is 13.0. The Morgan fingerprint density at radius 1 is 0.963 bits per heavy atom. The molecule has 2 aromatic carbocycles. The number of aryl methyl sites for hydroxylation is 2. The molecule has 3 nitrogen and oxygen atoms in total. The first kappa shape index (κ1) is 19.1. The lowest BCUT2D eigenvalue weighted by Crippen LogP contribution is -2.38. The molecule has 0 spiro atoms. The van der Waals surface area contributed by atoms with Crippen LogP contribution < -0.4 is 9.88 Å². The number of aliphatic hydroxyl groups is 1. The zero-order chi connectivity index (χ0) is 19.4. The van der Waals surface area contributed by atoms with Crippen molar-refractivity contribution in [3.63, 3.8) is 0 Å². The van der Waals surface area contributed by atoms with Crippen molar-refractivity contribution in [1.29, 1.82) is 0 Å². The molecule has 0 saturated carbocycles. The Morgan fingerprint density at radius 3 is 2.26 bits per heavy atom. The van der Waals surface area contributed by atoms with E-state index in [1.807, 2.05) is 74.8 Å². The van der Waals surface area contributed by atoms with Crippen molar-refractivity contribution in [3.05, 3.63) is 94.8 Å². The summed E-state index contributed by atoms with van der Waals surface area (Å²) in [4.78, 5) is 0.407. The van der Waals surface area contributed by atoms with E-state index < -0.39 is 0 Å². The summed E-state index contributed by atoms with van der Waals surface area (Å²) in [6.45, 7) is 4.06. The molecular formula is C22H20ClN2OS+. The Kier molecular flexibility index (Phi) is 5.89. The highest BCUT2D eigenvalue weighted by atomic mass is 35.5. The molecule has 0 bridgehead atoms. The van der Waals surface area contributed by atoms with Crippen molar-refractivity contribution in [2.24, 2.45) is 0 Å². The maximum Gasteiger partial charge on any atom is 0.288 e. The van der Waals surface area contributed by atoms with Gasteiger partial charge in [-0.1, -0.05) is 42.0 Å². The molecule has 136 valence electrons. The van der Waals surface area contributed by atoms with Gasteiger partial charge in [0.25, 0.3) is 5.70 Å². The van der Waals surface area contributed by atoms with Gasteiger partial charge in [0.1, 0.15) is 0 Å². The van der Waals surface area contributed by atoms with Crippen molar-refractivity contribution in [1.82, 2.24) is 0 Å². The van der Waals surface area contributed by atoms with Crippen LogP contribution >= 0.6 is 23.8 Å². The number of aromatic nitrogens is 1. The smallest absolute Gasteiger partial charge is 0.288 e. The summed E-state index contributed by atoms with van der Waals surface area (Å²) in [5.74, 6) is 0.112. The second kappa shape index (κ2) is 8.33. The van der Waals surface area contributed by atoms with E-state index in [0.717, 1.165) is 11.3 Å². The van der Waals surface area contributed by atoms with Crippen LogP contribution in [0.1, 0.15) is 16.7 Å². The van der Waals surface area contributed by atoms with Gasteiger partial charge in [-0.3, -0.25) is 0 Å². The molecule has 0 radical (unpaired) electrons. The summed E-state index contributed by atoms with van der Waals surface area (Å²) >= 11 is 11.6. The Morgan fingerprint density at radius 2 is 1.63 bits per heavy atom. The van der Waals surface area contributed by atoms with Crippen LogP contribution in [0.15, 0.2) is 73.1 Å². The highest BCUT2D eigenvalue weighted by Gasteiger charge is 2.23.